The Bertz CT molecular complexity index is 504. The predicted molar refractivity (Wildman–Crippen MR) is 83.7 cm³/mol. The Morgan fingerprint density at radius 2 is 2.00 bits per heavy atom. The lowest BCUT2D eigenvalue weighted by Gasteiger charge is -2.42. The van der Waals surface area contributed by atoms with E-state index in [1.165, 1.54) is 13.1 Å². The molecule has 0 amide bonds. The number of ether oxygens (including phenoxy) is 1. The average Bonchev–Trinajstić information content (AvgIpc) is 2.58. The molecule has 4 rings (SSSR count). The van der Waals surface area contributed by atoms with Crippen molar-refractivity contribution in [3.8, 4) is 0 Å². The molecule has 0 radical (unpaired) electrons. The first kappa shape index (κ1) is 15.5. The van der Waals surface area contributed by atoms with Crippen LogP contribution < -0.4 is 4.90 Å². The number of rotatable bonds is 5. The molecule has 4 nitrogen and oxygen atoms in total. The summed E-state index contributed by atoms with van der Waals surface area (Å²) in [5.41, 5.74) is -0.0820. The molecule has 3 saturated heterocycles. The summed E-state index contributed by atoms with van der Waals surface area (Å²) < 4.78 is 5.91. The van der Waals surface area contributed by atoms with Gasteiger partial charge in [0.25, 0.3) is 0 Å². The second-order valence-electron chi connectivity index (χ2n) is 6.70. The van der Waals surface area contributed by atoms with Crippen LogP contribution in [0.1, 0.15) is 31.7 Å². The Morgan fingerprint density at radius 1 is 1.32 bits per heavy atom. The van der Waals surface area contributed by atoms with Gasteiger partial charge in [0, 0.05) is 18.8 Å². The number of hydrogen-bond acceptors (Lipinski definition) is 3. The number of esters is 1. The fourth-order valence-electron chi connectivity index (χ4n) is 3.95. The van der Waals surface area contributed by atoms with Crippen molar-refractivity contribution in [1.82, 2.24) is 0 Å². The molecule has 22 heavy (non-hydrogen) atoms. The molecule has 2 atom stereocenters. The molecule has 3 aliphatic rings. The van der Waals surface area contributed by atoms with Crippen molar-refractivity contribution in [2.75, 3.05) is 26.2 Å². The molecule has 2 unspecified atom stereocenters. The summed E-state index contributed by atoms with van der Waals surface area (Å²) in [6, 6.07) is 9.54. The van der Waals surface area contributed by atoms with Gasteiger partial charge < -0.3 is 14.7 Å². The van der Waals surface area contributed by atoms with Crippen LogP contribution in [-0.2, 0) is 14.9 Å². The monoisotopic (exact) mass is 304 g/mol. The highest BCUT2D eigenvalue weighted by Crippen LogP contribution is 2.31. The summed E-state index contributed by atoms with van der Waals surface area (Å²) in [7, 11) is 0. The van der Waals surface area contributed by atoms with Crippen LogP contribution in [0.2, 0.25) is 0 Å². The third-order valence-corrected chi connectivity index (χ3v) is 5.60. The van der Waals surface area contributed by atoms with E-state index in [-0.39, 0.29) is 18.7 Å². The molecule has 4 heteroatoms. The number of nitrogens with one attached hydrogen (secondary N) is 1. The number of fused-ring (bicyclic) bond motifs is 3. The maximum Gasteiger partial charge on any atom is 0.319 e. The molecule has 3 aliphatic heterocycles. The minimum Gasteiger partial charge on any atom is -0.455 e. The fraction of sp³-hybridized carbons (Fsp3) is 0.611. The Labute approximate surface area is 132 Å². The van der Waals surface area contributed by atoms with Crippen molar-refractivity contribution in [3.63, 3.8) is 0 Å². The topological polar surface area (TPSA) is 51.0 Å². The Kier molecular flexibility index (Phi) is 4.50. The van der Waals surface area contributed by atoms with Gasteiger partial charge in [-0.2, -0.15) is 0 Å². The Hall–Kier alpha value is -1.39. The van der Waals surface area contributed by atoms with E-state index in [0.717, 1.165) is 24.9 Å². The van der Waals surface area contributed by atoms with Crippen molar-refractivity contribution < 1.29 is 19.5 Å². The van der Waals surface area contributed by atoms with E-state index in [9.17, 15) is 9.90 Å². The molecule has 1 aromatic carbocycles. The number of hydrogen-bond donors (Lipinski definition) is 2. The van der Waals surface area contributed by atoms with Crippen LogP contribution >= 0.6 is 0 Å². The minimum atomic E-state index is -0.928. The smallest absolute Gasteiger partial charge is 0.319 e. The van der Waals surface area contributed by atoms with Crippen molar-refractivity contribution in [2.45, 2.75) is 37.7 Å². The van der Waals surface area contributed by atoms with Crippen LogP contribution in [0.4, 0.5) is 0 Å². The molecule has 1 aromatic rings. The first-order chi connectivity index (χ1) is 10.7. The Morgan fingerprint density at radius 3 is 2.50 bits per heavy atom. The van der Waals surface area contributed by atoms with Gasteiger partial charge in [-0.05, 0) is 12.0 Å². The van der Waals surface area contributed by atoms with E-state index < -0.39 is 5.41 Å². The average molecular weight is 304 g/mol. The van der Waals surface area contributed by atoms with Crippen molar-refractivity contribution in [1.29, 1.82) is 0 Å². The SMILES string of the molecule is CCC(CO)(C(=O)OC1C[NH+]2CCC1CC2)c1ccccc1. The van der Waals surface area contributed by atoms with Gasteiger partial charge in [-0.1, -0.05) is 37.3 Å². The molecule has 120 valence electrons. The van der Waals surface area contributed by atoms with Crippen molar-refractivity contribution in [3.05, 3.63) is 35.9 Å². The number of aliphatic hydroxyl groups excluding tert-OH is 1. The normalized spacial score (nSPS) is 29.8. The van der Waals surface area contributed by atoms with E-state index >= 15 is 0 Å². The first-order valence-electron chi connectivity index (χ1n) is 8.40. The van der Waals surface area contributed by atoms with Gasteiger partial charge >= 0.3 is 5.97 Å². The summed E-state index contributed by atoms with van der Waals surface area (Å²) in [4.78, 5) is 14.4. The third-order valence-electron chi connectivity index (χ3n) is 5.60. The van der Waals surface area contributed by atoms with Gasteiger partial charge in [0.05, 0.1) is 19.7 Å². The van der Waals surface area contributed by atoms with Crippen LogP contribution in [0, 0.1) is 5.92 Å². The van der Waals surface area contributed by atoms with E-state index in [1.807, 2.05) is 37.3 Å². The first-order valence-corrected chi connectivity index (χ1v) is 8.40. The van der Waals surface area contributed by atoms with E-state index in [4.69, 9.17) is 4.74 Å². The summed E-state index contributed by atoms with van der Waals surface area (Å²) >= 11 is 0. The van der Waals surface area contributed by atoms with E-state index in [0.29, 0.717) is 12.3 Å². The van der Waals surface area contributed by atoms with E-state index in [2.05, 4.69) is 0 Å². The highest BCUT2D eigenvalue weighted by Gasteiger charge is 2.45. The summed E-state index contributed by atoms with van der Waals surface area (Å²) in [6.07, 6.45) is 2.86. The van der Waals surface area contributed by atoms with Crippen molar-refractivity contribution >= 4 is 5.97 Å². The summed E-state index contributed by atoms with van der Waals surface area (Å²) in [5.74, 6) is 0.243. The minimum absolute atomic E-state index is 0.0196. The van der Waals surface area contributed by atoms with Gasteiger partial charge in [-0.15, -0.1) is 0 Å². The second-order valence-corrected chi connectivity index (χ2v) is 6.70. The number of carbonyl (C=O) groups is 1. The van der Waals surface area contributed by atoms with Gasteiger partial charge in [0.2, 0.25) is 0 Å². The predicted octanol–water partition coefficient (Wildman–Crippen LogP) is 0.547. The standard InChI is InChI=1S/C18H25NO3/c1-2-18(13-20,15-6-4-3-5-7-15)17(21)22-16-12-19-10-8-14(16)9-11-19/h3-7,14,16,20H,2,8-13H2,1H3/p+1. The van der Waals surface area contributed by atoms with Crippen molar-refractivity contribution in [2.24, 2.45) is 5.92 Å². The maximum absolute atomic E-state index is 12.9. The fourth-order valence-corrected chi connectivity index (χ4v) is 3.95. The molecular weight excluding hydrogens is 278 g/mol. The van der Waals surface area contributed by atoms with Gasteiger partial charge in [-0.25, -0.2) is 0 Å². The Balaban J connectivity index is 1.78. The van der Waals surface area contributed by atoms with Gasteiger partial charge in [0.1, 0.15) is 12.0 Å². The van der Waals surface area contributed by atoms with Gasteiger partial charge in [0.15, 0.2) is 6.10 Å². The zero-order chi connectivity index (χ0) is 15.6. The zero-order valence-electron chi connectivity index (χ0n) is 13.3. The molecule has 3 heterocycles. The van der Waals surface area contributed by atoms with Gasteiger partial charge in [-0.3, -0.25) is 4.79 Å². The van der Waals surface area contributed by atoms with Crippen LogP contribution in [0.25, 0.3) is 0 Å². The molecule has 0 spiro atoms. The number of quaternary nitrogens is 1. The largest absolute Gasteiger partial charge is 0.455 e. The molecule has 0 aliphatic carbocycles. The molecule has 3 fully saturated rings. The second kappa shape index (κ2) is 6.39. The van der Waals surface area contributed by atoms with Crippen LogP contribution in [-0.4, -0.2) is 43.4 Å². The summed E-state index contributed by atoms with van der Waals surface area (Å²) in [6.45, 7) is 5.07. The maximum atomic E-state index is 12.9. The lowest BCUT2D eigenvalue weighted by atomic mass is 9.78. The van der Waals surface area contributed by atoms with Crippen LogP contribution in [0.15, 0.2) is 30.3 Å². The quantitative estimate of drug-likeness (QED) is 0.781. The molecule has 2 bridgehead atoms. The lowest BCUT2D eigenvalue weighted by Crippen LogP contribution is -3.16. The lowest BCUT2D eigenvalue weighted by molar-refractivity contribution is -0.920. The number of benzene rings is 1. The number of carbonyl (C=O) groups excluding carboxylic acids is 1. The highest BCUT2D eigenvalue weighted by atomic mass is 16.5. The summed E-state index contributed by atoms with van der Waals surface area (Å²) in [5, 5.41) is 9.96. The molecule has 0 saturated carbocycles. The van der Waals surface area contributed by atoms with Crippen LogP contribution in [0.3, 0.4) is 0 Å². The highest BCUT2D eigenvalue weighted by molar-refractivity contribution is 5.83. The van der Waals surface area contributed by atoms with E-state index in [1.54, 1.807) is 4.90 Å². The molecular formula is C18H26NO3+. The molecule has 2 N–H and O–H groups in total. The molecule has 0 aromatic heterocycles. The zero-order valence-corrected chi connectivity index (χ0v) is 13.3. The van der Waals surface area contributed by atoms with Crippen LogP contribution in [0.5, 0.6) is 0 Å². The number of aliphatic hydroxyl groups is 1. The number of piperidine rings is 3. The third kappa shape index (κ3) is 2.66.